The molecule has 0 saturated carbocycles. The van der Waals surface area contributed by atoms with Gasteiger partial charge in [0.15, 0.2) is 0 Å². The minimum absolute atomic E-state index is 0.0855. The summed E-state index contributed by atoms with van der Waals surface area (Å²) in [5.74, 6) is -2.83. The maximum Gasteiger partial charge on any atom is 0.423 e. The van der Waals surface area contributed by atoms with Crippen molar-refractivity contribution in [2.45, 2.75) is 71.5 Å². The summed E-state index contributed by atoms with van der Waals surface area (Å²) in [7, 11) is -4.53. The summed E-state index contributed by atoms with van der Waals surface area (Å²) >= 11 is 0. The third-order valence-corrected chi connectivity index (χ3v) is 7.63. The molecule has 1 atom stereocenters. The molecule has 0 spiro atoms. The van der Waals surface area contributed by atoms with Crippen molar-refractivity contribution in [1.82, 2.24) is 9.97 Å². The van der Waals surface area contributed by atoms with Gasteiger partial charge >= 0.3 is 12.1 Å². The first-order chi connectivity index (χ1) is 19.8. The summed E-state index contributed by atoms with van der Waals surface area (Å²) in [6, 6.07) is 8.92. The van der Waals surface area contributed by atoms with E-state index in [9.17, 15) is 31.5 Å². The van der Waals surface area contributed by atoms with E-state index in [1.165, 1.54) is 12.1 Å². The molecule has 0 fully saturated rings. The first kappa shape index (κ1) is 33.8. The highest BCUT2D eigenvalue weighted by Crippen LogP contribution is 2.44. The van der Waals surface area contributed by atoms with Gasteiger partial charge < -0.3 is 15.6 Å². The van der Waals surface area contributed by atoms with E-state index >= 15 is 0 Å². The van der Waals surface area contributed by atoms with Gasteiger partial charge in [0, 0.05) is 11.6 Å². The summed E-state index contributed by atoms with van der Waals surface area (Å²) < 4.78 is 78.6. The Labute approximate surface area is 249 Å². The van der Waals surface area contributed by atoms with Crippen LogP contribution < -0.4 is 15.2 Å². The smallest absolute Gasteiger partial charge is 0.423 e. The monoisotopic (exact) mass is 622 g/mol. The molecule has 4 N–H and O–H groups in total. The predicted molar refractivity (Wildman–Crippen MR) is 158 cm³/mol. The Balaban J connectivity index is 2.27. The Hall–Kier alpha value is -3.71. The van der Waals surface area contributed by atoms with E-state index in [1.54, 1.807) is 25.1 Å². The lowest BCUT2D eigenvalue weighted by molar-refractivity contribution is -0.139. The molecule has 3 rings (SSSR count). The number of carbonyl (C=O) groups is 1. The number of ether oxygens (including phenoxy) is 1. The van der Waals surface area contributed by atoms with Gasteiger partial charge in [0.2, 0.25) is 11.8 Å². The van der Waals surface area contributed by atoms with Crippen molar-refractivity contribution in [1.29, 1.82) is 0 Å². The van der Waals surface area contributed by atoms with Crippen LogP contribution in [0.3, 0.4) is 0 Å². The van der Waals surface area contributed by atoms with Gasteiger partial charge in [0.25, 0.3) is 10.0 Å². The van der Waals surface area contributed by atoms with Crippen LogP contribution >= 0.6 is 0 Å². The molecule has 1 heterocycles. The zero-order chi connectivity index (χ0) is 32.3. The third kappa shape index (κ3) is 8.90. The van der Waals surface area contributed by atoms with E-state index < -0.39 is 56.2 Å². The van der Waals surface area contributed by atoms with Gasteiger partial charge in [-0.15, -0.1) is 0 Å². The topological polar surface area (TPSA) is 144 Å². The molecule has 0 bridgehead atoms. The van der Waals surface area contributed by atoms with Crippen LogP contribution in [0.4, 0.5) is 19.1 Å². The van der Waals surface area contributed by atoms with Crippen molar-refractivity contribution in [3.05, 3.63) is 64.7 Å². The van der Waals surface area contributed by atoms with Gasteiger partial charge in [-0.05, 0) is 60.4 Å². The molecular weight excluding hydrogens is 585 g/mol. The molecule has 43 heavy (non-hydrogen) atoms. The number of nitrogens with zero attached hydrogens (tertiary/aromatic N) is 2. The molecule has 0 radical (unpaired) electrons. The van der Waals surface area contributed by atoms with Crippen molar-refractivity contribution in [2.24, 2.45) is 17.1 Å². The number of anilines is 1. The Morgan fingerprint density at radius 3 is 2.33 bits per heavy atom. The summed E-state index contributed by atoms with van der Waals surface area (Å²) in [6.45, 7) is 10.9. The molecule has 0 aliphatic heterocycles. The lowest BCUT2D eigenvalue weighted by atomic mass is 9.89. The number of hydrogen-bond acceptors (Lipinski definition) is 7. The number of benzene rings is 2. The van der Waals surface area contributed by atoms with Crippen molar-refractivity contribution in [3.63, 3.8) is 0 Å². The Morgan fingerprint density at radius 2 is 1.74 bits per heavy atom. The first-order valence-corrected chi connectivity index (χ1v) is 15.1. The molecule has 0 amide bonds. The van der Waals surface area contributed by atoms with Crippen LogP contribution in [0.25, 0.3) is 11.3 Å². The number of halogens is 3. The second-order valence-corrected chi connectivity index (χ2v) is 13.7. The minimum atomic E-state index is -4.98. The normalized spacial score (nSPS) is 13.2. The van der Waals surface area contributed by atoms with Crippen LogP contribution in [0.15, 0.2) is 47.4 Å². The van der Waals surface area contributed by atoms with E-state index in [1.807, 2.05) is 34.6 Å². The molecule has 3 aromatic rings. The fraction of sp³-hybridized carbons (Fsp3) is 0.433. The van der Waals surface area contributed by atoms with E-state index in [0.29, 0.717) is 24.0 Å². The minimum Gasteiger partial charge on any atom is -0.478 e. The maximum absolute atomic E-state index is 14.8. The predicted octanol–water partition coefficient (Wildman–Crippen LogP) is 6.31. The number of nitrogens with one attached hydrogen (secondary N) is 1. The lowest BCUT2D eigenvalue weighted by Gasteiger charge is -2.24. The fourth-order valence-corrected chi connectivity index (χ4v) is 5.70. The van der Waals surface area contributed by atoms with Crippen LogP contribution in [-0.4, -0.2) is 42.1 Å². The molecule has 0 aliphatic carbocycles. The van der Waals surface area contributed by atoms with Crippen LogP contribution in [0, 0.1) is 18.3 Å². The Bertz CT molecular complexity index is 1590. The van der Waals surface area contributed by atoms with E-state index in [4.69, 9.17) is 10.5 Å². The number of sulfonamides is 1. The zero-order valence-electron chi connectivity index (χ0n) is 24.9. The molecular formula is C30H37F3N4O5S. The summed E-state index contributed by atoms with van der Waals surface area (Å²) in [6.07, 6.45) is -4.13. The lowest BCUT2D eigenvalue weighted by Crippen LogP contribution is -2.33. The number of nitrogens with two attached hydrogens (primary N) is 1. The van der Waals surface area contributed by atoms with Crippen LogP contribution in [0.2, 0.25) is 0 Å². The SMILES string of the molecule is Cc1cccc(CC(C)C)c1-c1nc(NS(=O)(=O)c2cccc(C(=O)O)c2)nc(OC[C@H](N)CC(C)(C)C)c1C(F)(F)F. The highest BCUT2D eigenvalue weighted by molar-refractivity contribution is 7.92. The number of rotatable bonds is 11. The van der Waals surface area contributed by atoms with E-state index in [2.05, 4.69) is 14.7 Å². The average Bonchev–Trinajstić information content (AvgIpc) is 2.85. The van der Waals surface area contributed by atoms with Gasteiger partial charge in [-0.3, -0.25) is 0 Å². The summed E-state index contributed by atoms with van der Waals surface area (Å²) in [4.78, 5) is 18.9. The summed E-state index contributed by atoms with van der Waals surface area (Å²) in [5, 5.41) is 9.29. The molecule has 13 heteroatoms. The number of alkyl halides is 3. The fourth-order valence-electron chi connectivity index (χ4n) is 4.71. The number of aryl methyl sites for hydroxylation is 1. The van der Waals surface area contributed by atoms with Gasteiger partial charge in [0.05, 0.1) is 16.2 Å². The van der Waals surface area contributed by atoms with Crippen molar-refractivity contribution < 1.29 is 36.2 Å². The zero-order valence-corrected chi connectivity index (χ0v) is 25.7. The Kier molecular flexibility index (Phi) is 10.1. The molecule has 0 unspecified atom stereocenters. The highest BCUT2D eigenvalue weighted by atomic mass is 32.2. The number of aromatic nitrogens is 2. The van der Waals surface area contributed by atoms with Crippen molar-refractivity contribution >= 4 is 21.9 Å². The molecule has 234 valence electrons. The number of carboxylic acid groups (broad SMARTS) is 1. The first-order valence-electron chi connectivity index (χ1n) is 13.6. The molecule has 0 saturated heterocycles. The number of hydrogen-bond donors (Lipinski definition) is 3. The number of aromatic carboxylic acids is 1. The van der Waals surface area contributed by atoms with Crippen LogP contribution in [0.5, 0.6) is 5.88 Å². The van der Waals surface area contributed by atoms with Gasteiger partial charge in [-0.1, -0.05) is 58.9 Å². The standard InChI is InChI=1S/C30H37F3N4O5S/c1-17(2)13-19-10-7-9-18(3)23(19)25-24(30(31,32)33)26(42-16-21(34)15-29(4,5)6)36-28(35-25)37-43(40,41)22-12-8-11-20(14-22)27(38)39/h7-12,14,17,21H,13,15-16,34H2,1-6H3,(H,38,39)(H,35,36,37)/t21-/m1/s1. The second-order valence-electron chi connectivity index (χ2n) is 12.1. The van der Waals surface area contributed by atoms with Crippen LogP contribution in [-0.2, 0) is 22.6 Å². The Morgan fingerprint density at radius 1 is 1.09 bits per heavy atom. The molecule has 1 aromatic heterocycles. The maximum atomic E-state index is 14.8. The van der Waals surface area contributed by atoms with E-state index in [-0.39, 0.29) is 29.1 Å². The average molecular weight is 623 g/mol. The van der Waals surface area contributed by atoms with E-state index in [0.717, 1.165) is 12.1 Å². The quantitative estimate of drug-likeness (QED) is 0.226. The van der Waals surface area contributed by atoms with Crippen molar-refractivity contribution in [3.8, 4) is 17.1 Å². The van der Waals surface area contributed by atoms with Gasteiger partial charge in [0.1, 0.15) is 12.2 Å². The highest BCUT2D eigenvalue weighted by Gasteiger charge is 2.41. The second kappa shape index (κ2) is 12.9. The third-order valence-electron chi connectivity index (χ3n) is 6.31. The largest absolute Gasteiger partial charge is 0.478 e. The van der Waals surface area contributed by atoms with Gasteiger partial charge in [-0.25, -0.2) is 22.9 Å². The molecule has 2 aromatic carbocycles. The van der Waals surface area contributed by atoms with Crippen molar-refractivity contribution in [2.75, 3.05) is 11.3 Å². The molecule has 0 aliphatic rings. The van der Waals surface area contributed by atoms with Gasteiger partial charge in [-0.2, -0.15) is 18.2 Å². The van der Waals surface area contributed by atoms with Crippen LogP contribution in [0.1, 0.15) is 68.1 Å². The summed E-state index contributed by atoms with van der Waals surface area (Å²) in [5.41, 5.74) is 5.08. The number of carboxylic acids is 1. The molecule has 9 nitrogen and oxygen atoms in total.